The van der Waals surface area contributed by atoms with Gasteiger partial charge in [0.25, 0.3) is 0 Å². The van der Waals surface area contributed by atoms with Crippen LogP contribution in [0.1, 0.15) is 12.5 Å². The van der Waals surface area contributed by atoms with Crippen molar-refractivity contribution < 1.29 is 0 Å². The minimum Gasteiger partial charge on any atom is -0.312 e. The maximum absolute atomic E-state index is 4.20. The van der Waals surface area contributed by atoms with Crippen molar-refractivity contribution in [3.05, 3.63) is 28.6 Å². The Morgan fingerprint density at radius 1 is 1.53 bits per heavy atom. The summed E-state index contributed by atoms with van der Waals surface area (Å²) >= 11 is 1.72. The van der Waals surface area contributed by atoms with Crippen LogP contribution in [0.3, 0.4) is 0 Å². The van der Waals surface area contributed by atoms with E-state index in [1.165, 1.54) is 16.8 Å². The van der Waals surface area contributed by atoms with Crippen LogP contribution in [0, 0.1) is 0 Å². The van der Waals surface area contributed by atoms with Gasteiger partial charge in [-0.3, -0.25) is 10.00 Å². The van der Waals surface area contributed by atoms with E-state index in [4.69, 9.17) is 0 Å². The predicted molar refractivity (Wildman–Crippen MR) is 81.9 cm³/mol. The zero-order chi connectivity index (χ0) is 12.4. The number of thiophene rings is 1. The molecule has 19 heavy (non-hydrogen) atoms. The molecule has 3 rings (SSSR count). The van der Waals surface area contributed by atoms with E-state index in [1.807, 2.05) is 6.20 Å². The second-order valence-electron chi connectivity index (χ2n) is 4.87. The molecule has 0 saturated carbocycles. The van der Waals surface area contributed by atoms with Crippen LogP contribution in [0.15, 0.2) is 23.0 Å². The average Bonchev–Trinajstić information content (AvgIpc) is 2.98. The van der Waals surface area contributed by atoms with Gasteiger partial charge < -0.3 is 5.32 Å². The standard InChI is InChI=1S/C13H18N4S.ClH/c1-10-7-17(4-3-14-10)8-12-6-15-16-13(12)11-2-5-18-9-11;/h2,5-6,9-10,14H,3-4,7-8H2,1H3,(H,15,16);1H/t10-;/m0./s1. The van der Waals surface area contributed by atoms with Gasteiger partial charge in [-0.2, -0.15) is 16.4 Å². The van der Waals surface area contributed by atoms with Crippen molar-refractivity contribution in [2.45, 2.75) is 19.5 Å². The molecule has 1 atom stereocenters. The predicted octanol–water partition coefficient (Wildman–Crippen LogP) is 2.35. The van der Waals surface area contributed by atoms with Crippen LogP contribution in [-0.2, 0) is 6.54 Å². The normalized spacial score (nSPS) is 20.2. The molecule has 1 aliphatic heterocycles. The fourth-order valence-corrected chi connectivity index (χ4v) is 3.13. The SMILES string of the molecule is C[C@H]1CN(Cc2cn[nH]c2-c2ccsc2)CCN1.Cl. The number of nitrogens with zero attached hydrogens (tertiary/aromatic N) is 2. The van der Waals surface area contributed by atoms with E-state index in [-0.39, 0.29) is 12.4 Å². The van der Waals surface area contributed by atoms with Crippen molar-refractivity contribution in [3.8, 4) is 11.3 Å². The third-order valence-electron chi connectivity index (χ3n) is 3.37. The largest absolute Gasteiger partial charge is 0.312 e. The molecular weight excluding hydrogens is 280 g/mol. The summed E-state index contributed by atoms with van der Waals surface area (Å²) in [7, 11) is 0. The fraction of sp³-hybridized carbons (Fsp3) is 0.462. The Labute approximate surface area is 123 Å². The topological polar surface area (TPSA) is 44.0 Å². The number of nitrogens with one attached hydrogen (secondary N) is 2. The van der Waals surface area contributed by atoms with Crippen LogP contribution in [-0.4, -0.2) is 40.8 Å². The molecule has 0 radical (unpaired) electrons. The van der Waals surface area contributed by atoms with Crippen molar-refractivity contribution in [2.24, 2.45) is 0 Å². The number of rotatable bonds is 3. The van der Waals surface area contributed by atoms with Crippen LogP contribution in [0.4, 0.5) is 0 Å². The van der Waals surface area contributed by atoms with Gasteiger partial charge in [-0.1, -0.05) is 0 Å². The summed E-state index contributed by atoms with van der Waals surface area (Å²) in [5, 5.41) is 15.1. The van der Waals surface area contributed by atoms with Gasteiger partial charge in [-0.25, -0.2) is 0 Å². The molecule has 1 saturated heterocycles. The second kappa shape index (κ2) is 6.52. The lowest BCUT2D eigenvalue weighted by Crippen LogP contribution is -2.48. The molecule has 0 aromatic carbocycles. The first kappa shape index (κ1) is 14.5. The summed E-state index contributed by atoms with van der Waals surface area (Å²) in [4.78, 5) is 2.49. The Morgan fingerprint density at radius 2 is 2.42 bits per heavy atom. The van der Waals surface area contributed by atoms with Crippen molar-refractivity contribution in [3.63, 3.8) is 0 Å². The first-order valence-electron chi connectivity index (χ1n) is 6.33. The lowest BCUT2D eigenvalue weighted by molar-refractivity contribution is 0.200. The number of aromatic amines is 1. The van der Waals surface area contributed by atoms with Crippen molar-refractivity contribution >= 4 is 23.7 Å². The van der Waals surface area contributed by atoms with E-state index in [1.54, 1.807) is 11.3 Å². The summed E-state index contributed by atoms with van der Waals surface area (Å²) in [6, 6.07) is 2.72. The molecule has 104 valence electrons. The highest BCUT2D eigenvalue weighted by Crippen LogP contribution is 2.24. The van der Waals surface area contributed by atoms with E-state index in [9.17, 15) is 0 Å². The van der Waals surface area contributed by atoms with Crippen molar-refractivity contribution in [2.75, 3.05) is 19.6 Å². The van der Waals surface area contributed by atoms with E-state index >= 15 is 0 Å². The Morgan fingerprint density at radius 3 is 3.16 bits per heavy atom. The van der Waals surface area contributed by atoms with E-state index in [0.717, 1.165) is 26.2 Å². The maximum Gasteiger partial charge on any atom is 0.0703 e. The third-order valence-corrected chi connectivity index (χ3v) is 4.06. The van der Waals surface area contributed by atoms with Gasteiger partial charge in [0.2, 0.25) is 0 Å². The Bertz CT molecular complexity index is 496. The van der Waals surface area contributed by atoms with Crippen molar-refractivity contribution in [1.82, 2.24) is 20.4 Å². The highest BCUT2D eigenvalue weighted by Gasteiger charge is 2.18. The molecule has 6 heteroatoms. The monoisotopic (exact) mass is 298 g/mol. The van der Waals surface area contributed by atoms with Crippen LogP contribution in [0.5, 0.6) is 0 Å². The minimum atomic E-state index is 0. The lowest BCUT2D eigenvalue weighted by Gasteiger charge is -2.31. The Hall–Kier alpha value is -0.880. The van der Waals surface area contributed by atoms with Gasteiger partial charge in [-0.15, -0.1) is 12.4 Å². The molecule has 2 aromatic heterocycles. The van der Waals surface area contributed by atoms with E-state index in [0.29, 0.717) is 6.04 Å². The molecule has 2 aromatic rings. The third kappa shape index (κ3) is 3.36. The second-order valence-corrected chi connectivity index (χ2v) is 5.65. The molecule has 1 fully saturated rings. The molecule has 0 unspecified atom stereocenters. The van der Waals surface area contributed by atoms with Crippen LogP contribution in [0.25, 0.3) is 11.3 Å². The number of halogens is 1. The van der Waals surface area contributed by atoms with Crippen LogP contribution < -0.4 is 5.32 Å². The van der Waals surface area contributed by atoms with Crippen LogP contribution in [0.2, 0.25) is 0 Å². The number of H-pyrrole nitrogens is 1. The summed E-state index contributed by atoms with van der Waals surface area (Å²) in [5.41, 5.74) is 3.71. The summed E-state index contributed by atoms with van der Waals surface area (Å²) in [5.74, 6) is 0. The van der Waals surface area contributed by atoms with Gasteiger partial charge >= 0.3 is 0 Å². The van der Waals surface area contributed by atoms with Gasteiger partial charge in [-0.05, 0) is 18.4 Å². The zero-order valence-electron chi connectivity index (χ0n) is 10.9. The average molecular weight is 299 g/mol. The Balaban J connectivity index is 0.00000133. The number of hydrogen-bond acceptors (Lipinski definition) is 4. The number of piperazine rings is 1. The zero-order valence-corrected chi connectivity index (χ0v) is 12.6. The minimum absolute atomic E-state index is 0. The molecule has 0 amide bonds. The molecule has 0 aliphatic carbocycles. The summed E-state index contributed by atoms with van der Waals surface area (Å²) < 4.78 is 0. The number of aromatic nitrogens is 2. The molecule has 0 spiro atoms. The number of hydrogen-bond donors (Lipinski definition) is 2. The first-order chi connectivity index (χ1) is 8.83. The van der Waals surface area contributed by atoms with Gasteiger partial charge in [0.1, 0.15) is 0 Å². The van der Waals surface area contributed by atoms with Gasteiger partial charge in [0.05, 0.1) is 11.9 Å². The summed E-state index contributed by atoms with van der Waals surface area (Å²) in [6.45, 7) is 6.51. The highest BCUT2D eigenvalue weighted by molar-refractivity contribution is 7.08. The lowest BCUT2D eigenvalue weighted by atomic mass is 10.1. The molecule has 0 bridgehead atoms. The molecule has 4 nitrogen and oxygen atoms in total. The first-order valence-corrected chi connectivity index (χ1v) is 7.28. The fourth-order valence-electron chi connectivity index (χ4n) is 2.48. The van der Waals surface area contributed by atoms with Gasteiger partial charge in [0.15, 0.2) is 0 Å². The molecular formula is C13H19ClN4S. The quantitative estimate of drug-likeness (QED) is 0.914. The molecule has 1 aliphatic rings. The van der Waals surface area contributed by atoms with E-state index < -0.39 is 0 Å². The highest BCUT2D eigenvalue weighted by atomic mass is 35.5. The maximum atomic E-state index is 4.20. The molecule has 2 N–H and O–H groups in total. The van der Waals surface area contributed by atoms with Gasteiger partial charge in [0, 0.05) is 48.7 Å². The van der Waals surface area contributed by atoms with Crippen molar-refractivity contribution in [1.29, 1.82) is 0 Å². The van der Waals surface area contributed by atoms with Crippen LogP contribution >= 0.6 is 23.7 Å². The molecule has 3 heterocycles. The summed E-state index contributed by atoms with van der Waals surface area (Å²) in [6.07, 6.45) is 1.96. The smallest absolute Gasteiger partial charge is 0.0703 e. The Kier molecular flexibility index (Phi) is 4.99. The van der Waals surface area contributed by atoms with E-state index in [2.05, 4.69) is 44.2 Å².